The van der Waals surface area contributed by atoms with E-state index in [1.54, 1.807) is 6.07 Å². The van der Waals surface area contributed by atoms with Gasteiger partial charge in [0.05, 0.1) is 9.85 Å². The van der Waals surface area contributed by atoms with Crippen molar-refractivity contribution < 1.29 is 24.5 Å². The third-order valence-electron chi connectivity index (χ3n) is 2.64. The van der Waals surface area contributed by atoms with Crippen molar-refractivity contribution in [3.8, 4) is 0 Å². The number of aliphatic carboxylic acids is 1. The van der Waals surface area contributed by atoms with Crippen LogP contribution in [0.5, 0.6) is 0 Å². The molecule has 0 aliphatic heterocycles. The van der Waals surface area contributed by atoms with Crippen LogP contribution in [0.15, 0.2) is 41.7 Å². The first-order chi connectivity index (χ1) is 9.77. The summed E-state index contributed by atoms with van der Waals surface area (Å²) in [6.45, 7) is 1.00. The van der Waals surface area contributed by atoms with Gasteiger partial charge < -0.3 is 5.11 Å². The number of carbonyl (C=O) groups excluding carboxylic acids is 1. The number of rotatable bonds is 6. The number of benzene rings is 1. The summed E-state index contributed by atoms with van der Waals surface area (Å²) in [5.74, 6) is -4.47. The largest absolute Gasteiger partial charge is 0.473 e. The minimum absolute atomic E-state index is 0.109. The fourth-order valence-corrected chi connectivity index (χ4v) is 1.84. The maximum atomic E-state index is 11.7. The molecule has 0 saturated carbocycles. The average molecular weight is 294 g/mol. The third-order valence-corrected chi connectivity index (χ3v) is 2.64. The Bertz CT molecular complexity index is 620. The molecule has 9 heteroatoms. The molecule has 0 saturated heterocycles. The van der Waals surface area contributed by atoms with Crippen LogP contribution in [0.3, 0.4) is 0 Å². The first kappa shape index (κ1) is 16.0. The van der Waals surface area contributed by atoms with Crippen LogP contribution in [0.2, 0.25) is 0 Å². The molecule has 0 bridgehead atoms. The molecule has 0 spiro atoms. The number of nitrogens with zero attached hydrogens (tertiary/aromatic N) is 2. The smallest absolute Gasteiger partial charge is 0.426 e. The van der Waals surface area contributed by atoms with E-state index in [1.165, 1.54) is 24.3 Å². The monoisotopic (exact) mass is 294 g/mol. The number of carbonyl (C=O) groups is 2. The Hall–Kier alpha value is -3.10. The van der Waals surface area contributed by atoms with Crippen molar-refractivity contribution in [1.82, 2.24) is 0 Å². The summed E-state index contributed by atoms with van der Waals surface area (Å²) >= 11 is 0. The van der Waals surface area contributed by atoms with Gasteiger partial charge in [0.1, 0.15) is 11.7 Å². The Labute approximate surface area is 117 Å². The second-order valence-corrected chi connectivity index (χ2v) is 4.01. The highest BCUT2D eigenvalue weighted by molar-refractivity contribution is 5.90. The third kappa shape index (κ3) is 3.47. The molecule has 1 rings (SSSR count). The van der Waals surface area contributed by atoms with Crippen LogP contribution in [0.4, 0.5) is 0 Å². The van der Waals surface area contributed by atoms with Crippen molar-refractivity contribution in [3.05, 3.63) is 67.5 Å². The number of hydrogen-bond acceptors (Lipinski definition) is 6. The second kappa shape index (κ2) is 6.37. The predicted molar refractivity (Wildman–Crippen MR) is 68.5 cm³/mol. The molecular weight excluding hydrogens is 284 g/mol. The first-order valence-electron chi connectivity index (χ1n) is 5.59. The second-order valence-electron chi connectivity index (χ2n) is 4.01. The van der Waals surface area contributed by atoms with Crippen molar-refractivity contribution in [2.24, 2.45) is 0 Å². The molecule has 1 unspecified atom stereocenters. The van der Waals surface area contributed by atoms with E-state index in [9.17, 15) is 29.8 Å². The molecule has 0 aliphatic rings. The van der Waals surface area contributed by atoms with E-state index in [0.717, 1.165) is 6.92 Å². The molecule has 0 aromatic heterocycles. The summed E-state index contributed by atoms with van der Waals surface area (Å²) in [7, 11) is 0. The zero-order chi connectivity index (χ0) is 16.2. The Morgan fingerprint density at radius 2 is 1.62 bits per heavy atom. The lowest BCUT2D eigenvalue weighted by Gasteiger charge is -2.11. The SMILES string of the molecule is CC(=O)C(/C(=C(/C(=O)O)[N+](=O)[O-])[N+](=O)[O-])c1ccccc1. The van der Waals surface area contributed by atoms with Crippen LogP contribution < -0.4 is 0 Å². The van der Waals surface area contributed by atoms with Crippen molar-refractivity contribution in [2.75, 3.05) is 0 Å². The lowest BCUT2D eigenvalue weighted by molar-refractivity contribution is -0.470. The normalized spacial score (nSPS) is 13.0. The quantitative estimate of drug-likeness (QED) is 0.472. The van der Waals surface area contributed by atoms with E-state index < -0.39 is 38.9 Å². The summed E-state index contributed by atoms with van der Waals surface area (Å²) in [5, 5.41) is 30.7. The van der Waals surface area contributed by atoms with Gasteiger partial charge in [-0.3, -0.25) is 25.0 Å². The highest BCUT2D eigenvalue weighted by Crippen LogP contribution is 2.28. The molecule has 1 N–H and O–H groups in total. The minimum atomic E-state index is -2.08. The molecule has 1 aromatic rings. The number of nitro groups is 2. The zero-order valence-corrected chi connectivity index (χ0v) is 10.8. The van der Waals surface area contributed by atoms with E-state index in [2.05, 4.69) is 0 Å². The molecule has 1 aromatic carbocycles. The van der Waals surface area contributed by atoms with Gasteiger partial charge in [0, 0.05) is 0 Å². The van der Waals surface area contributed by atoms with Gasteiger partial charge in [-0.2, -0.15) is 0 Å². The zero-order valence-electron chi connectivity index (χ0n) is 10.8. The highest BCUT2D eigenvalue weighted by atomic mass is 16.6. The van der Waals surface area contributed by atoms with Crippen LogP contribution in [0.25, 0.3) is 0 Å². The molecule has 110 valence electrons. The fraction of sp³-hybridized carbons (Fsp3) is 0.167. The number of Topliss-reactive ketones (excluding diaryl/α,β-unsaturated/α-hetero) is 1. The van der Waals surface area contributed by atoms with E-state index in [4.69, 9.17) is 5.11 Å². The van der Waals surface area contributed by atoms with Gasteiger partial charge in [0.15, 0.2) is 0 Å². The Balaban J connectivity index is 3.67. The van der Waals surface area contributed by atoms with Crippen LogP contribution in [-0.2, 0) is 9.59 Å². The summed E-state index contributed by atoms with van der Waals surface area (Å²) in [4.78, 5) is 41.9. The predicted octanol–water partition coefficient (Wildman–Crippen LogP) is 1.21. The maximum Gasteiger partial charge on any atom is 0.426 e. The van der Waals surface area contributed by atoms with Gasteiger partial charge in [-0.15, -0.1) is 0 Å². The Kier molecular flexibility index (Phi) is 4.84. The first-order valence-corrected chi connectivity index (χ1v) is 5.59. The molecule has 0 amide bonds. The number of carboxylic acids is 1. The number of hydrogen-bond donors (Lipinski definition) is 1. The van der Waals surface area contributed by atoms with Crippen LogP contribution in [0.1, 0.15) is 18.4 Å². The Morgan fingerprint density at radius 3 is 1.95 bits per heavy atom. The molecule has 9 nitrogen and oxygen atoms in total. The van der Waals surface area contributed by atoms with Crippen LogP contribution in [-0.4, -0.2) is 26.7 Å². The molecule has 0 heterocycles. The van der Waals surface area contributed by atoms with Crippen LogP contribution >= 0.6 is 0 Å². The molecule has 1 atom stereocenters. The van der Waals surface area contributed by atoms with Crippen molar-refractivity contribution in [3.63, 3.8) is 0 Å². The highest BCUT2D eigenvalue weighted by Gasteiger charge is 2.44. The maximum absolute atomic E-state index is 11.7. The minimum Gasteiger partial charge on any atom is -0.473 e. The van der Waals surface area contributed by atoms with Gasteiger partial charge in [-0.25, -0.2) is 4.79 Å². The van der Waals surface area contributed by atoms with Crippen molar-refractivity contribution >= 4 is 11.8 Å². The van der Waals surface area contributed by atoms with Gasteiger partial charge in [0.25, 0.3) is 0 Å². The summed E-state index contributed by atoms with van der Waals surface area (Å²) in [6, 6.07) is 7.26. The van der Waals surface area contributed by atoms with E-state index in [-0.39, 0.29) is 5.56 Å². The fourth-order valence-electron chi connectivity index (χ4n) is 1.84. The van der Waals surface area contributed by atoms with Crippen LogP contribution in [0, 0.1) is 20.2 Å². The molecule has 0 radical (unpaired) electrons. The van der Waals surface area contributed by atoms with Gasteiger partial charge in [-0.05, 0) is 12.5 Å². The van der Waals surface area contributed by atoms with Crippen molar-refractivity contribution in [2.45, 2.75) is 12.8 Å². The van der Waals surface area contributed by atoms with E-state index in [1.807, 2.05) is 0 Å². The molecule has 0 fully saturated rings. The summed E-state index contributed by atoms with van der Waals surface area (Å²) < 4.78 is 0. The number of allylic oxidation sites excluding steroid dienone is 1. The number of carboxylic acid groups (broad SMARTS) is 1. The summed E-state index contributed by atoms with van der Waals surface area (Å²) in [5.41, 5.74) is -2.77. The standard InChI is InChI=1S/C12H10N2O7/c1-7(15)9(8-5-3-2-4-6-8)10(13(18)19)11(12(16)17)14(20)21/h2-6,9H,1H3,(H,16,17)/b11-10+. The molecule has 21 heavy (non-hydrogen) atoms. The molecular formula is C12H10N2O7. The number of ketones is 1. The Morgan fingerprint density at radius 1 is 1.10 bits per heavy atom. The average Bonchev–Trinajstić information content (AvgIpc) is 2.37. The lowest BCUT2D eigenvalue weighted by atomic mass is 9.91. The van der Waals surface area contributed by atoms with Gasteiger partial charge >= 0.3 is 17.4 Å². The summed E-state index contributed by atoms with van der Waals surface area (Å²) in [6.07, 6.45) is 0. The van der Waals surface area contributed by atoms with E-state index in [0.29, 0.717) is 0 Å². The molecule has 0 aliphatic carbocycles. The van der Waals surface area contributed by atoms with E-state index >= 15 is 0 Å². The van der Waals surface area contributed by atoms with Gasteiger partial charge in [0.2, 0.25) is 0 Å². The van der Waals surface area contributed by atoms with Gasteiger partial charge in [-0.1, -0.05) is 30.3 Å². The topological polar surface area (TPSA) is 141 Å². The lowest BCUT2D eigenvalue weighted by Crippen LogP contribution is -2.25. The van der Waals surface area contributed by atoms with Crippen molar-refractivity contribution in [1.29, 1.82) is 0 Å².